The molecular formula is C11H15N3O2. The molecule has 1 aromatic rings. The molecule has 5 nitrogen and oxygen atoms in total. The topological polar surface area (TPSA) is 56.3 Å². The van der Waals surface area contributed by atoms with E-state index in [4.69, 9.17) is 9.47 Å². The van der Waals surface area contributed by atoms with Gasteiger partial charge in [-0.25, -0.2) is 0 Å². The van der Waals surface area contributed by atoms with Crippen LogP contribution in [0.5, 0.6) is 11.8 Å². The molecule has 1 heterocycles. The lowest BCUT2D eigenvalue weighted by Crippen LogP contribution is -2.17. The Morgan fingerprint density at radius 2 is 1.69 bits per heavy atom. The monoisotopic (exact) mass is 221 g/mol. The molecule has 1 N–H and O–H groups in total. The third-order valence-corrected chi connectivity index (χ3v) is 2.44. The summed E-state index contributed by atoms with van der Waals surface area (Å²) in [4.78, 5) is 8.42. The summed E-state index contributed by atoms with van der Waals surface area (Å²) in [6, 6.07) is 2.02. The van der Waals surface area contributed by atoms with Crippen LogP contribution in [0.4, 0.5) is 5.95 Å². The molecule has 86 valence electrons. The molecule has 16 heavy (non-hydrogen) atoms. The number of nitrogens with one attached hydrogen (secondary N) is 1. The summed E-state index contributed by atoms with van der Waals surface area (Å²) in [5.74, 6) is 1.55. The van der Waals surface area contributed by atoms with Crippen molar-refractivity contribution in [3.05, 3.63) is 18.2 Å². The Kier molecular flexibility index (Phi) is 3.24. The van der Waals surface area contributed by atoms with Gasteiger partial charge in [-0.15, -0.1) is 0 Å². The normalized spacial score (nSPS) is 15.1. The van der Waals surface area contributed by atoms with Crippen LogP contribution >= 0.6 is 0 Å². The molecule has 0 amide bonds. The number of hydrogen-bond donors (Lipinski definition) is 1. The molecule has 2 rings (SSSR count). The van der Waals surface area contributed by atoms with E-state index in [1.807, 2.05) is 0 Å². The van der Waals surface area contributed by atoms with Gasteiger partial charge in [0.2, 0.25) is 17.7 Å². The fraction of sp³-hybridized carbons (Fsp3) is 0.455. The van der Waals surface area contributed by atoms with E-state index >= 15 is 0 Å². The van der Waals surface area contributed by atoms with Crippen LogP contribution in [0.1, 0.15) is 12.8 Å². The Bertz CT molecular complexity index is 363. The highest BCUT2D eigenvalue weighted by Crippen LogP contribution is 2.20. The lowest BCUT2D eigenvalue weighted by Gasteiger charge is -2.13. The maximum absolute atomic E-state index is 5.08. The maximum Gasteiger partial charge on any atom is 0.229 e. The summed E-state index contributed by atoms with van der Waals surface area (Å²) in [7, 11) is 3.14. The predicted molar refractivity (Wildman–Crippen MR) is 60.9 cm³/mol. The van der Waals surface area contributed by atoms with Crippen molar-refractivity contribution < 1.29 is 9.47 Å². The van der Waals surface area contributed by atoms with Crippen LogP contribution < -0.4 is 14.8 Å². The molecule has 0 fully saturated rings. The first-order chi connectivity index (χ1) is 7.81. The molecule has 0 saturated heterocycles. The van der Waals surface area contributed by atoms with Crippen LogP contribution in [-0.2, 0) is 0 Å². The van der Waals surface area contributed by atoms with Crippen molar-refractivity contribution in [2.45, 2.75) is 18.9 Å². The Morgan fingerprint density at radius 3 is 2.19 bits per heavy atom. The molecule has 1 aliphatic rings. The third-order valence-electron chi connectivity index (χ3n) is 2.44. The number of aromatic nitrogens is 2. The number of methoxy groups -OCH3 is 2. The minimum absolute atomic E-state index is 0.372. The average molecular weight is 221 g/mol. The zero-order valence-corrected chi connectivity index (χ0v) is 9.43. The molecule has 0 saturated carbocycles. The first-order valence-electron chi connectivity index (χ1n) is 5.20. The van der Waals surface area contributed by atoms with Gasteiger partial charge in [0.05, 0.1) is 20.3 Å². The number of rotatable bonds is 4. The fourth-order valence-electron chi connectivity index (χ4n) is 1.60. The maximum atomic E-state index is 5.08. The largest absolute Gasteiger partial charge is 0.481 e. The number of anilines is 1. The highest BCUT2D eigenvalue weighted by molar-refractivity contribution is 5.35. The Labute approximate surface area is 94.5 Å². The van der Waals surface area contributed by atoms with Gasteiger partial charge in [0.25, 0.3) is 0 Å². The average Bonchev–Trinajstić information content (AvgIpc) is 2.81. The van der Waals surface area contributed by atoms with Crippen LogP contribution in [0.25, 0.3) is 0 Å². The zero-order chi connectivity index (χ0) is 11.4. The van der Waals surface area contributed by atoms with E-state index in [9.17, 15) is 0 Å². The minimum atomic E-state index is 0.372. The number of hydrogen-bond acceptors (Lipinski definition) is 5. The molecule has 0 spiro atoms. The van der Waals surface area contributed by atoms with Gasteiger partial charge in [-0.2, -0.15) is 9.97 Å². The highest BCUT2D eigenvalue weighted by Gasteiger charge is 2.12. The molecule has 0 bridgehead atoms. The molecule has 1 aliphatic carbocycles. The van der Waals surface area contributed by atoms with Crippen molar-refractivity contribution in [3.8, 4) is 11.8 Å². The molecule has 0 unspecified atom stereocenters. The van der Waals surface area contributed by atoms with Crippen LogP contribution in [0, 0.1) is 0 Å². The molecular weight excluding hydrogens is 206 g/mol. The van der Waals surface area contributed by atoms with Gasteiger partial charge in [-0.1, -0.05) is 12.2 Å². The van der Waals surface area contributed by atoms with Gasteiger partial charge in [0, 0.05) is 6.04 Å². The first-order valence-corrected chi connectivity index (χ1v) is 5.20. The Hall–Kier alpha value is -1.78. The summed E-state index contributed by atoms with van der Waals surface area (Å²) in [5, 5.41) is 3.25. The van der Waals surface area contributed by atoms with Crippen molar-refractivity contribution in [2.24, 2.45) is 0 Å². The second-order valence-corrected chi connectivity index (χ2v) is 3.56. The minimum Gasteiger partial charge on any atom is -0.481 e. The predicted octanol–water partition coefficient (Wildman–Crippen LogP) is 1.62. The molecule has 0 atom stereocenters. The van der Waals surface area contributed by atoms with Crippen LogP contribution in [0.3, 0.4) is 0 Å². The quantitative estimate of drug-likeness (QED) is 0.783. The molecule has 0 aromatic carbocycles. The second-order valence-electron chi connectivity index (χ2n) is 3.56. The summed E-state index contributed by atoms with van der Waals surface area (Å²) < 4.78 is 10.2. The molecule has 5 heteroatoms. The van der Waals surface area contributed by atoms with Gasteiger partial charge in [-0.3, -0.25) is 0 Å². The fourth-order valence-corrected chi connectivity index (χ4v) is 1.60. The molecule has 0 aliphatic heterocycles. The smallest absolute Gasteiger partial charge is 0.229 e. The van der Waals surface area contributed by atoms with Gasteiger partial charge in [0.1, 0.15) is 0 Å². The summed E-state index contributed by atoms with van der Waals surface area (Å²) in [6.45, 7) is 0. The summed E-state index contributed by atoms with van der Waals surface area (Å²) in [6.07, 6.45) is 6.30. The third kappa shape index (κ3) is 2.42. The van der Waals surface area contributed by atoms with Gasteiger partial charge >= 0.3 is 0 Å². The van der Waals surface area contributed by atoms with Crippen LogP contribution in [0.2, 0.25) is 0 Å². The zero-order valence-electron chi connectivity index (χ0n) is 9.43. The van der Waals surface area contributed by atoms with E-state index in [0.717, 1.165) is 12.8 Å². The van der Waals surface area contributed by atoms with E-state index in [1.54, 1.807) is 20.3 Å². The lowest BCUT2D eigenvalue weighted by atomic mass is 10.2. The van der Waals surface area contributed by atoms with Gasteiger partial charge in [0.15, 0.2) is 0 Å². The number of ether oxygens (including phenoxy) is 2. The van der Waals surface area contributed by atoms with Crippen LogP contribution in [-0.4, -0.2) is 30.2 Å². The highest BCUT2D eigenvalue weighted by atomic mass is 16.5. The SMILES string of the molecule is COc1cc(OC)nc(NC2CC=CC2)n1. The van der Waals surface area contributed by atoms with E-state index in [-0.39, 0.29) is 0 Å². The first kappa shape index (κ1) is 10.7. The Morgan fingerprint density at radius 1 is 1.12 bits per heavy atom. The van der Waals surface area contributed by atoms with E-state index in [1.165, 1.54) is 0 Å². The standard InChI is InChI=1S/C11H15N3O2/c1-15-9-7-10(16-2)14-11(13-9)12-8-5-3-4-6-8/h3-4,7-8H,5-6H2,1-2H3,(H,12,13,14). The van der Waals surface area contributed by atoms with Gasteiger partial charge < -0.3 is 14.8 Å². The summed E-state index contributed by atoms with van der Waals surface area (Å²) in [5.41, 5.74) is 0. The van der Waals surface area contributed by atoms with E-state index in [2.05, 4.69) is 27.4 Å². The van der Waals surface area contributed by atoms with Crippen LogP contribution in [0.15, 0.2) is 18.2 Å². The van der Waals surface area contributed by atoms with Crippen molar-refractivity contribution in [1.82, 2.24) is 9.97 Å². The van der Waals surface area contributed by atoms with Crippen molar-refractivity contribution in [1.29, 1.82) is 0 Å². The van der Waals surface area contributed by atoms with Crippen molar-refractivity contribution in [2.75, 3.05) is 19.5 Å². The molecule has 0 radical (unpaired) electrons. The summed E-state index contributed by atoms with van der Waals surface area (Å²) >= 11 is 0. The Balaban J connectivity index is 2.12. The lowest BCUT2D eigenvalue weighted by molar-refractivity contribution is 0.372. The van der Waals surface area contributed by atoms with E-state index in [0.29, 0.717) is 23.8 Å². The van der Waals surface area contributed by atoms with Gasteiger partial charge in [-0.05, 0) is 12.8 Å². The van der Waals surface area contributed by atoms with Crippen molar-refractivity contribution in [3.63, 3.8) is 0 Å². The van der Waals surface area contributed by atoms with Crippen molar-refractivity contribution >= 4 is 5.95 Å². The van der Waals surface area contributed by atoms with E-state index < -0.39 is 0 Å². The molecule has 1 aromatic heterocycles. The second kappa shape index (κ2) is 4.83. The number of nitrogens with zero attached hydrogens (tertiary/aromatic N) is 2.